The van der Waals surface area contributed by atoms with E-state index in [0.29, 0.717) is 22.0 Å². The molecule has 2 aromatic rings. The number of carboxylic acid groups (broad SMARTS) is 1. The predicted molar refractivity (Wildman–Crippen MR) is 95.2 cm³/mol. The first-order valence-electron chi connectivity index (χ1n) is 7.22. The summed E-state index contributed by atoms with van der Waals surface area (Å²) in [5, 5.41) is 23.8. The van der Waals surface area contributed by atoms with Gasteiger partial charge < -0.3 is 15.7 Å². The van der Waals surface area contributed by atoms with Gasteiger partial charge in [0.05, 0.1) is 6.42 Å². The van der Waals surface area contributed by atoms with Gasteiger partial charge in [0, 0.05) is 22.6 Å². The van der Waals surface area contributed by atoms with Crippen molar-refractivity contribution in [1.82, 2.24) is 0 Å². The molecular formula is C18H14ClN3O3. The molecule has 2 aromatic carbocycles. The van der Waals surface area contributed by atoms with Gasteiger partial charge in [-0.25, -0.2) is 0 Å². The lowest BCUT2D eigenvalue weighted by molar-refractivity contribution is -0.136. The van der Waals surface area contributed by atoms with Crippen molar-refractivity contribution in [2.75, 3.05) is 10.6 Å². The van der Waals surface area contributed by atoms with Gasteiger partial charge in [0.25, 0.3) is 5.91 Å². The molecule has 0 unspecified atom stereocenters. The zero-order valence-electron chi connectivity index (χ0n) is 13.0. The van der Waals surface area contributed by atoms with E-state index in [2.05, 4.69) is 10.6 Å². The van der Waals surface area contributed by atoms with E-state index in [1.165, 1.54) is 6.20 Å². The van der Waals surface area contributed by atoms with Gasteiger partial charge in [-0.1, -0.05) is 29.8 Å². The topological polar surface area (TPSA) is 102 Å². The molecule has 126 valence electrons. The molecule has 0 heterocycles. The average Bonchev–Trinajstić information content (AvgIpc) is 2.56. The highest BCUT2D eigenvalue weighted by Crippen LogP contribution is 2.16. The highest BCUT2D eigenvalue weighted by Gasteiger charge is 2.09. The smallest absolute Gasteiger partial charge is 0.307 e. The number of benzene rings is 2. The normalized spacial score (nSPS) is 10.6. The number of hydrogen-bond acceptors (Lipinski definition) is 4. The molecule has 0 aliphatic heterocycles. The summed E-state index contributed by atoms with van der Waals surface area (Å²) in [6.45, 7) is 0. The Morgan fingerprint density at radius 1 is 1.16 bits per heavy atom. The quantitative estimate of drug-likeness (QED) is 0.544. The minimum atomic E-state index is -0.912. The van der Waals surface area contributed by atoms with Crippen molar-refractivity contribution in [3.63, 3.8) is 0 Å². The van der Waals surface area contributed by atoms with Gasteiger partial charge in [-0.2, -0.15) is 5.26 Å². The van der Waals surface area contributed by atoms with Crippen molar-refractivity contribution in [2.45, 2.75) is 6.42 Å². The molecule has 0 spiro atoms. The van der Waals surface area contributed by atoms with Gasteiger partial charge in [0.2, 0.25) is 0 Å². The molecule has 0 fully saturated rings. The van der Waals surface area contributed by atoms with E-state index in [1.807, 2.05) is 6.07 Å². The molecule has 3 N–H and O–H groups in total. The minimum Gasteiger partial charge on any atom is -0.481 e. The number of amides is 1. The van der Waals surface area contributed by atoms with Crippen LogP contribution >= 0.6 is 11.6 Å². The Hall–Kier alpha value is -3.30. The minimum absolute atomic E-state index is 0.0679. The third-order valence-corrected chi connectivity index (χ3v) is 3.38. The number of nitriles is 1. The molecule has 0 saturated carbocycles. The number of hydrogen-bond donors (Lipinski definition) is 3. The first kappa shape index (κ1) is 18.0. The zero-order chi connectivity index (χ0) is 18.2. The molecule has 2 rings (SSSR count). The number of anilines is 2. The van der Waals surface area contributed by atoms with Gasteiger partial charge in [0.1, 0.15) is 11.6 Å². The van der Waals surface area contributed by atoms with Gasteiger partial charge in [-0.3, -0.25) is 9.59 Å². The van der Waals surface area contributed by atoms with E-state index in [-0.39, 0.29) is 12.0 Å². The fraction of sp³-hybridized carbons (Fsp3) is 0.0556. The summed E-state index contributed by atoms with van der Waals surface area (Å²) in [5.41, 5.74) is 1.64. The third kappa shape index (κ3) is 5.68. The fourth-order valence-electron chi connectivity index (χ4n) is 1.96. The first-order valence-corrected chi connectivity index (χ1v) is 7.60. The van der Waals surface area contributed by atoms with Crippen molar-refractivity contribution in [1.29, 1.82) is 5.26 Å². The summed E-state index contributed by atoms with van der Waals surface area (Å²) in [7, 11) is 0. The molecule has 0 atom stereocenters. The highest BCUT2D eigenvalue weighted by atomic mass is 35.5. The van der Waals surface area contributed by atoms with Crippen LogP contribution in [0.4, 0.5) is 11.4 Å². The van der Waals surface area contributed by atoms with Crippen LogP contribution in [0.2, 0.25) is 5.02 Å². The molecule has 1 amide bonds. The number of nitrogens with zero attached hydrogens (tertiary/aromatic N) is 1. The Kier molecular flexibility index (Phi) is 6.15. The number of carboxylic acids is 1. The summed E-state index contributed by atoms with van der Waals surface area (Å²) in [6.07, 6.45) is 1.22. The van der Waals surface area contributed by atoms with Gasteiger partial charge in [0.15, 0.2) is 0 Å². The molecule has 0 radical (unpaired) electrons. The van der Waals surface area contributed by atoms with E-state index < -0.39 is 11.9 Å². The van der Waals surface area contributed by atoms with Crippen LogP contribution in [0.15, 0.2) is 60.3 Å². The van der Waals surface area contributed by atoms with E-state index in [1.54, 1.807) is 48.5 Å². The maximum absolute atomic E-state index is 12.1. The summed E-state index contributed by atoms with van der Waals surface area (Å²) in [4.78, 5) is 22.7. The van der Waals surface area contributed by atoms with Crippen LogP contribution in [0.5, 0.6) is 0 Å². The second kappa shape index (κ2) is 8.52. The lowest BCUT2D eigenvalue weighted by atomic mass is 10.1. The Bertz CT molecular complexity index is 855. The van der Waals surface area contributed by atoms with Crippen LogP contribution < -0.4 is 10.6 Å². The molecule has 6 nitrogen and oxygen atoms in total. The maximum atomic E-state index is 12.1. The number of rotatable bonds is 6. The van der Waals surface area contributed by atoms with Crippen molar-refractivity contribution < 1.29 is 14.7 Å². The van der Waals surface area contributed by atoms with Crippen LogP contribution in [-0.4, -0.2) is 17.0 Å². The number of carbonyl (C=O) groups excluding carboxylic acids is 1. The molecule has 7 heteroatoms. The average molecular weight is 356 g/mol. The van der Waals surface area contributed by atoms with Crippen LogP contribution in [0.25, 0.3) is 0 Å². The second-order valence-electron chi connectivity index (χ2n) is 5.05. The van der Waals surface area contributed by atoms with Gasteiger partial charge >= 0.3 is 5.97 Å². The fourth-order valence-corrected chi connectivity index (χ4v) is 2.15. The van der Waals surface area contributed by atoms with Crippen molar-refractivity contribution in [3.8, 4) is 6.07 Å². The molecular weight excluding hydrogens is 342 g/mol. The van der Waals surface area contributed by atoms with Crippen molar-refractivity contribution in [3.05, 3.63) is 70.9 Å². The van der Waals surface area contributed by atoms with Crippen molar-refractivity contribution >= 4 is 34.9 Å². The number of aliphatic carboxylic acids is 1. The SMILES string of the molecule is N#C/C(=C/Nc1ccc(CC(=O)O)cc1)C(=O)Nc1cccc(Cl)c1. The van der Waals surface area contributed by atoms with E-state index in [9.17, 15) is 9.59 Å². The number of nitrogens with one attached hydrogen (secondary N) is 2. The Morgan fingerprint density at radius 2 is 1.88 bits per heavy atom. The monoisotopic (exact) mass is 355 g/mol. The summed E-state index contributed by atoms with van der Waals surface area (Å²) in [5.74, 6) is -1.48. The largest absolute Gasteiger partial charge is 0.481 e. The van der Waals surface area contributed by atoms with E-state index >= 15 is 0 Å². The third-order valence-electron chi connectivity index (χ3n) is 3.14. The Balaban J connectivity index is 2.03. The van der Waals surface area contributed by atoms with Crippen molar-refractivity contribution in [2.24, 2.45) is 0 Å². The number of carbonyl (C=O) groups is 2. The van der Waals surface area contributed by atoms with Crippen LogP contribution in [0, 0.1) is 11.3 Å². The highest BCUT2D eigenvalue weighted by molar-refractivity contribution is 6.31. The lowest BCUT2D eigenvalue weighted by Gasteiger charge is -2.06. The molecule has 0 aliphatic carbocycles. The van der Waals surface area contributed by atoms with Crippen LogP contribution in [0.3, 0.4) is 0 Å². The zero-order valence-corrected chi connectivity index (χ0v) is 13.7. The lowest BCUT2D eigenvalue weighted by Crippen LogP contribution is -2.14. The molecule has 0 saturated heterocycles. The van der Waals surface area contributed by atoms with E-state index in [4.69, 9.17) is 22.0 Å². The first-order chi connectivity index (χ1) is 12.0. The molecule has 0 aliphatic rings. The molecule has 0 aromatic heterocycles. The Morgan fingerprint density at radius 3 is 2.48 bits per heavy atom. The Labute approximate surface area is 149 Å². The molecule has 0 bridgehead atoms. The summed E-state index contributed by atoms with van der Waals surface area (Å²) >= 11 is 5.85. The molecule has 25 heavy (non-hydrogen) atoms. The van der Waals surface area contributed by atoms with Gasteiger partial charge in [-0.15, -0.1) is 0 Å². The summed E-state index contributed by atoms with van der Waals surface area (Å²) < 4.78 is 0. The maximum Gasteiger partial charge on any atom is 0.307 e. The predicted octanol–water partition coefficient (Wildman–Crippen LogP) is 3.43. The standard InChI is InChI=1S/C18H14ClN3O3/c19-14-2-1-3-16(9-14)22-18(25)13(10-20)11-21-15-6-4-12(5-7-15)8-17(23)24/h1-7,9,11,21H,8H2,(H,22,25)(H,23,24)/b13-11-. The van der Waals surface area contributed by atoms with Crippen LogP contribution in [0.1, 0.15) is 5.56 Å². The number of halogens is 1. The van der Waals surface area contributed by atoms with Crippen LogP contribution in [-0.2, 0) is 16.0 Å². The van der Waals surface area contributed by atoms with Gasteiger partial charge in [-0.05, 0) is 35.9 Å². The summed E-state index contributed by atoms with van der Waals surface area (Å²) in [6, 6.07) is 15.1. The second-order valence-corrected chi connectivity index (χ2v) is 5.48. The van der Waals surface area contributed by atoms with E-state index in [0.717, 1.165) is 0 Å².